The number of hydrazine groups is 1. The van der Waals surface area contributed by atoms with Gasteiger partial charge >= 0.3 is 18.3 Å². The molecule has 1 rings (SSSR count). The first-order valence-electron chi connectivity index (χ1n) is 6.62. The molecular formula is C13H15F4N3O3S. The Balaban J connectivity index is 2.73. The van der Waals surface area contributed by atoms with Crippen LogP contribution in [0.25, 0.3) is 0 Å². The van der Waals surface area contributed by atoms with E-state index in [1.165, 1.54) is 6.92 Å². The quantitative estimate of drug-likeness (QED) is 0.431. The van der Waals surface area contributed by atoms with E-state index in [9.17, 15) is 27.2 Å². The number of hydrogen-bond donors (Lipinski definition) is 3. The number of nitrogens with one attached hydrogen (secondary N) is 3. The van der Waals surface area contributed by atoms with Gasteiger partial charge in [-0.2, -0.15) is 13.2 Å². The molecule has 0 atom stereocenters. The molecule has 3 N–H and O–H groups in total. The monoisotopic (exact) mass is 369 g/mol. The van der Waals surface area contributed by atoms with Gasteiger partial charge in [0.05, 0.1) is 18.0 Å². The van der Waals surface area contributed by atoms with Crippen molar-refractivity contribution in [3.63, 3.8) is 0 Å². The lowest BCUT2D eigenvalue weighted by molar-refractivity contribution is -0.105. The molecule has 0 fully saturated rings. The van der Waals surface area contributed by atoms with E-state index >= 15 is 0 Å². The van der Waals surface area contributed by atoms with Crippen molar-refractivity contribution in [1.82, 2.24) is 10.9 Å². The number of anilines is 1. The molecule has 1 aromatic carbocycles. The third-order valence-corrected chi connectivity index (χ3v) is 3.68. The highest BCUT2D eigenvalue weighted by Crippen LogP contribution is 2.32. The first-order valence-corrected chi connectivity index (χ1v) is 7.60. The summed E-state index contributed by atoms with van der Waals surface area (Å²) in [5.41, 5.74) is 3.78. The van der Waals surface area contributed by atoms with Crippen LogP contribution in [0.15, 0.2) is 17.0 Å². The van der Waals surface area contributed by atoms with E-state index in [0.717, 1.165) is 12.1 Å². The highest BCUT2D eigenvalue weighted by Gasteiger charge is 2.27. The summed E-state index contributed by atoms with van der Waals surface area (Å²) in [7, 11) is 0. The van der Waals surface area contributed by atoms with Gasteiger partial charge in [0.2, 0.25) is 0 Å². The van der Waals surface area contributed by atoms with Crippen molar-refractivity contribution in [3.8, 4) is 0 Å². The van der Waals surface area contributed by atoms with Gasteiger partial charge in [-0.25, -0.2) is 24.8 Å². The normalized spacial score (nSPS) is 10.9. The summed E-state index contributed by atoms with van der Waals surface area (Å²) >= 11 is 0.476. The van der Waals surface area contributed by atoms with Gasteiger partial charge in [-0.1, -0.05) is 0 Å². The molecule has 0 bridgehead atoms. The summed E-state index contributed by atoms with van der Waals surface area (Å²) in [5.74, 6) is -1.97. The largest absolute Gasteiger partial charge is 0.449 e. The second-order valence-electron chi connectivity index (χ2n) is 4.43. The number of carbonyl (C=O) groups excluding carboxylic acids is 2. The third kappa shape index (κ3) is 6.94. The lowest BCUT2D eigenvalue weighted by Crippen LogP contribution is -2.44. The van der Waals surface area contributed by atoms with Gasteiger partial charge in [-0.15, -0.1) is 11.8 Å². The van der Waals surface area contributed by atoms with Crippen molar-refractivity contribution in [2.24, 2.45) is 0 Å². The molecular weight excluding hydrogens is 354 g/mol. The fourth-order valence-electron chi connectivity index (χ4n) is 1.49. The molecule has 11 heteroatoms. The van der Waals surface area contributed by atoms with Gasteiger partial charge in [-0.05, 0) is 31.5 Å². The Hall–Kier alpha value is -2.17. The maximum absolute atomic E-state index is 13.8. The molecule has 0 radical (unpaired) electrons. The molecule has 3 amide bonds. The van der Waals surface area contributed by atoms with Gasteiger partial charge in [0.1, 0.15) is 5.82 Å². The van der Waals surface area contributed by atoms with E-state index < -0.39 is 29.9 Å². The Kier molecular flexibility index (Phi) is 7.14. The number of thioether (sulfide) groups is 1. The smallest absolute Gasteiger partial charge is 0.426 e. The molecule has 134 valence electrons. The van der Waals surface area contributed by atoms with Crippen molar-refractivity contribution in [2.45, 2.75) is 24.9 Å². The van der Waals surface area contributed by atoms with Crippen LogP contribution in [-0.2, 0) is 4.74 Å². The van der Waals surface area contributed by atoms with E-state index in [-0.39, 0.29) is 17.2 Å². The summed E-state index contributed by atoms with van der Waals surface area (Å²) in [6.07, 6.45) is -5.29. The highest BCUT2D eigenvalue weighted by molar-refractivity contribution is 7.99. The molecule has 24 heavy (non-hydrogen) atoms. The van der Waals surface area contributed by atoms with Crippen molar-refractivity contribution < 1.29 is 31.9 Å². The number of hydrogen-bond acceptors (Lipinski definition) is 4. The molecule has 0 unspecified atom stereocenters. The third-order valence-electron chi connectivity index (χ3n) is 2.46. The fourth-order valence-corrected chi connectivity index (χ4v) is 2.30. The molecule has 0 aliphatic heterocycles. The number of amides is 3. The lowest BCUT2D eigenvalue weighted by atomic mass is 10.2. The second kappa shape index (κ2) is 8.62. The number of aryl methyl sites for hydroxylation is 1. The van der Waals surface area contributed by atoms with Crippen LogP contribution in [0.3, 0.4) is 0 Å². The summed E-state index contributed by atoms with van der Waals surface area (Å²) in [6.45, 7) is 3.09. The molecule has 1 aromatic rings. The topological polar surface area (TPSA) is 79.5 Å². The number of alkyl halides is 3. The number of halogens is 4. The molecule has 0 spiro atoms. The number of carbonyl (C=O) groups is 2. The fraction of sp³-hybridized carbons (Fsp3) is 0.385. The predicted molar refractivity (Wildman–Crippen MR) is 80.2 cm³/mol. The summed E-state index contributed by atoms with van der Waals surface area (Å²) in [4.78, 5) is 22.7. The number of urea groups is 1. The van der Waals surface area contributed by atoms with E-state index in [2.05, 4.69) is 10.1 Å². The molecule has 0 saturated carbocycles. The first kappa shape index (κ1) is 19.9. The van der Waals surface area contributed by atoms with Gasteiger partial charge in [0.15, 0.2) is 0 Å². The van der Waals surface area contributed by atoms with Crippen molar-refractivity contribution in [1.29, 1.82) is 0 Å². The van der Waals surface area contributed by atoms with Crippen LogP contribution in [0.2, 0.25) is 0 Å². The lowest BCUT2D eigenvalue weighted by Gasteiger charge is -2.13. The van der Waals surface area contributed by atoms with Crippen molar-refractivity contribution >= 4 is 29.6 Å². The van der Waals surface area contributed by atoms with Crippen LogP contribution in [0.5, 0.6) is 0 Å². The van der Waals surface area contributed by atoms with E-state index in [0.29, 0.717) is 17.3 Å². The minimum Gasteiger partial charge on any atom is -0.449 e. The van der Waals surface area contributed by atoms with Gasteiger partial charge in [-0.3, -0.25) is 0 Å². The summed E-state index contributed by atoms with van der Waals surface area (Å²) in [5, 5.41) is 2.08. The summed E-state index contributed by atoms with van der Waals surface area (Å²) in [6, 6.07) is 1.11. The number of rotatable bonds is 4. The number of ether oxygens (including phenoxy) is 1. The zero-order valence-electron chi connectivity index (χ0n) is 12.7. The molecule has 0 heterocycles. The van der Waals surface area contributed by atoms with Crippen LogP contribution in [0.1, 0.15) is 12.5 Å². The Morgan fingerprint density at radius 1 is 1.25 bits per heavy atom. The van der Waals surface area contributed by atoms with Gasteiger partial charge < -0.3 is 10.1 Å². The summed E-state index contributed by atoms with van der Waals surface area (Å²) < 4.78 is 55.1. The zero-order valence-corrected chi connectivity index (χ0v) is 13.5. The van der Waals surface area contributed by atoms with E-state index in [1.807, 2.05) is 10.9 Å². The van der Waals surface area contributed by atoms with E-state index in [4.69, 9.17) is 0 Å². The SMILES string of the molecule is CCOC(=O)NNC(=O)Nc1cc(SCC(F)(F)F)c(C)cc1F. The minimum absolute atomic E-state index is 0.0848. The first-order chi connectivity index (χ1) is 11.1. The van der Waals surface area contributed by atoms with E-state index in [1.54, 1.807) is 6.92 Å². The molecule has 0 aromatic heterocycles. The van der Waals surface area contributed by atoms with Gasteiger partial charge in [0, 0.05) is 4.90 Å². The maximum atomic E-state index is 13.8. The Labute approximate surface area is 139 Å². The molecule has 6 nitrogen and oxygen atoms in total. The standard InChI is InChI=1S/C13H15F4N3O3S/c1-3-23-12(22)20-19-11(21)18-9-5-10(7(2)4-8(9)14)24-6-13(15,16)17/h4-5H,3,6H2,1-2H3,(H,20,22)(H2,18,19,21). The molecule has 0 saturated heterocycles. The molecule has 0 aliphatic carbocycles. The minimum atomic E-state index is -4.37. The van der Waals surface area contributed by atoms with Crippen LogP contribution < -0.4 is 16.2 Å². The van der Waals surface area contributed by atoms with Crippen LogP contribution in [0.4, 0.5) is 32.8 Å². The Morgan fingerprint density at radius 2 is 1.92 bits per heavy atom. The molecule has 0 aliphatic rings. The average Bonchev–Trinajstić information content (AvgIpc) is 2.46. The average molecular weight is 369 g/mol. The predicted octanol–water partition coefficient (Wildman–Crippen LogP) is 3.57. The van der Waals surface area contributed by atoms with Crippen LogP contribution in [0, 0.1) is 12.7 Å². The van der Waals surface area contributed by atoms with Crippen molar-refractivity contribution in [3.05, 3.63) is 23.5 Å². The zero-order chi connectivity index (χ0) is 18.3. The Bertz CT molecular complexity index is 611. The highest BCUT2D eigenvalue weighted by atomic mass is 32.2. The van der Waals surface area contributed by atoms with Gasteiger partial charge in [0.25, 0.3) is 0 Å². The number of benzene rings is 1. The van der Waals surface area contributed by atoms with Crippen LogP contribution >= 0.6 is 11.8 Å². The van der Waals surface area contributed by atoms with Crippen LogP contribution in [-0.4, -0.2) is 30.7 Å². The maximum Gasteiger partial charge on any atom is 0.426 e. The second-order valence-corrected chi connectivity index (χ2v) is 5.44. The Morgan fingerprint density at radius 3 is 2.50 bits per heavy atom. The van der Waals surface area contributed by atoms with Crippen molar-refractivity contribution in [2.75, 3.05) is 17.7 Å².